The Balaban J connectivity index is 2.48. The molecule has 6 heteroatoms. The zero-order valence-corrected chi connectivity index (χ0v) is 13.1. The molecular formula is C13H17IN2O3. The van der Waals surface area contributed by atoms with Crippen molar-refractivity contribution in [1.29, 1.82) is 0 Å². The molecule has 0 heterocycles. The van der Waals surface area contributed by atoms with Crippen LogP contribution in [0.1, 0.15) is 12.0 Å². The zero-order valence-electron chi connectivity index (χ0n) is 10.9. The van der Waals surface area contributed by atoms with Gasteiger partial charge in [-0.1, -0.05) is 0 Å². The molecule has 0 aromatic heterocycles. The number of nitrogens with one attached hydrogen (secondary N) is 1. The number of carbonyl (C=O) groups excluding carboxylic acids is 1. The SMILES string of the molecule is Cc1cc(I)ccc1NC(=O)CN(C)CCC(=O)O. The van der Waals surface area contributed by atoms with Crippen LogP contribution in [0.15, 0.2) is 18.2 Å². The van der Waals surface area contributed by atoms with Gasteiger partial charge in [0.25, 0.3) is 0 Å². The Hall–Kier alpha value is -1.15. The fourth-order valence-corrected chi connectivity index (χ4v) is 2.21. The molecule has 19 heavy (non-hydrogen) atoms. The molecule has 0 atom stereocenters. The largest absolute Gasteiger partial charge is 0.481 e. The van der Waals surface area contributed by atoms with Gasteiger partial charge in [-0.15, -0.1) is 0 Å². The van der Waals surface area contributed by atoms with Crippen molar-refractivity contribution >= 4 is 40.2 Å². The Labute approximate surface area is 126 Å². The van der Waals surface area contributed by atoms with E-state index in [0.717, 1.165) is 14.8 Å². The quantitative estimate of drug-likeness (QED) is 0.745. The molecule has 0 saturated carbocycles. The van der Waals surface area contributed by atoms with Gasteiger partial charge in [-0.2, -0.15) is 0 Å². The fourth-order valence-electron chi connectivity index (χ4n) is 1.57. The van der Waals surface area contributed by atoms with Crippen LogP contribution in [0, 0.1) is 10.5 Å². The van der Waals surface area contributed by atoms with Crippen LogP contribution < -0.4 is 5.32 Å². The molecule has 0 fully saturated rings. The van der Waals surface area contributed by atoms with Crippen LogP contribution in [0.2, 0.25) is 0 Å². The number of carboxylic acids is 1. The summed E-state index contributed by atoms with van der Waals surface area (Å²) in [5, 5.41) is 11.4. The Bertz CT molecular complexity index is 477. The maximum Gasteiger partial charge on any atom is 0.304 e. The average molecular weight is 376 g/mol. The van der Waals surface area contributed by atoms with Crippen molar-refractivity contribution < 1.29 is 14.7 Å². The number of anilines is 1. The van der Waals surface area contributed by atoms with Gasteiger partial charge in [0, 0.05) is 15.8 Å². The number of aryl methyl sites for hydroxylation is 1. The Morgan fingerprint density at radius 2 is 2.11 bits per heavy atom. The van der Waals surface area contributed by atoms with Crippen LogP contribution >= 0.6 is 22.6 Å². The molecule has 1 aromatic carbocycles. The summed E-state index contributed by atoms with van der Waals surface area (Å²) < 4.78 is 1.12. The molecule has 1 aromatic rings. The van der Waals surface area contributed by atoms with E-state index in [0.29, 0.717) is 6.54 Å². The topological polar surface area (TPSA) is 69.6 Å². The summed E-state index contributed by atoms with van der Waals surface area (Å²) in [6.45, 7) is 2.47. The van der Waals surface area contributed by atoms with Gasteiger partial charge in [0.05, 0.1) is 13.0 Å². The molecule has 0 spiro atoms. The number of hydrogen-bond acceptors (Lipinski definition) is 3. The summed E-state index contributed by atoms with van der Waals surface area (Å²) in [6.07, 6.45) is 0.0341. The lowest BCUT2D eigenvalue weighted by atomic mass is 10.2. The number of rotatable bonds is 6. The van der Waals surface area contributed by atoms with E-state index in [4.69, 9.17) is 5.11 Å². The number of halogens is 1. The summed E-state index contributed by atoms with van der Waals surface area (Å²) in [7, 11) is 1.73. The molecule has 0 saturated heterocycles. The van der Waals surface area contributed by atoms with Gasteiger partial charge in [0.2, 0.25) is 5.91 Å². The highest BCUT2D eigenvalue weighted by Crippen LogP contribution is 2.17. The molecule has 0 aliphatic heterocycles. The third kappa shape index (κ3) is 6.02. The van der Waals surface area contributed by atoms with Gasteiger partial charge in [-0.3, -0.25) is 14.5 Å². The summed E-state index contributed by atoms with van der Waals surface area (Å²) in [6, 6.07) is 5.79. The molecule has 0 aliphatic rings. The van der Waals surface area contributed by atoms with Crippen LogP contribution in [0.3, 0.4) is 0 Å². The molecule has 0 bridgehead atoms. The highest BCUT2D eigenvalue weighted by Gasteiger charge is 2.09. The fraction of sp³-hybridized carbons (Fsp3) is 0.385. The molecule has 0 aliphatic carbocycles. The first-order chi connectivity index (χ1) is 8.88. The van der Waals surface area contributed by atoms with E-state index in [1.54, 1.807) is 11.9 Å². The number of amides is 1. The number of carbonyl (C=O) groups is 2. The number of aliphatic carboxylic acids is 1. The van der Waals surface area contributed by atoms with E-state index < -0.39 is 5.97 Å². The first-order valence-electron chi connectivity index (χ1n) is 5.85. The van der Waals surface area contributed by atoms with Crippen LogP contribution in [0.5, 0.6) is 0 Å². The van der Waals surface area contributed by atoms with E-state index >= 15 is 0 Å². The predicted molar refractivity (Wildman–Crippen MR) is 82.3 cm³/mol. The van der Waals surface area contributed by atoms with Crippen molar-refractivity contribution in [2.75, 3.05) is 25.5 Å². The van der Waals surface area contributed by atoms with Crippen LogP contribution in [0.4, 0.5) is 5.69 Å². The Kier molecular flexibility index (Phi) is 6.23. The van der Waals surface area contributed by atoms with E-state index in [2.05, 4.69) is 27.9 Å². The second-order valence-corrected chi connectivity index (χ2v) is 5.63. The van der Waals surface area contributed by atoms with Crippen molar-refractivity contribution in [3.05, 3.63) is 27.3 Å². The monoisotopic (exact) mass is 376 g/mol. The summed E-state index contributed by atoms with van der Waals surface area (Å²) in [5.41, 5.74) is 1.80. The van der Waals surface area contributed by atoms with Crippen LogP contribution in [-0.2, 0) is 9.59 Å². The summed E-state index contributed by atoms with van der Waals surface area (Å²) >= 11 is 2.22. The summed E-state index contributed by atoms with van der Waals surface area (Å²) in [5.74, 6) is -1.00. The van der Waals surface area contributed by atoms with Gasteiger partial charge in [-0.05, 0) is 60.3 Å². The highest BCUT2D eigenvalue weighted by atomic mass is 127. The van der Waals surface area contributed by atoms with Crippen molar-refractivity contribution in [2.45, 2.75) is 13.3 Å². The van der Waals surface area contributed by atoms with Crippen LogP contribution in [-0.4, -0.2) is 42.0 Å². The van der Waals surface area contributed by atoms with Crippen molar-refractivity contribution in [2.24, 2.45) is 0 Å². The third-order valence-electron chi connectivity index (χ3n) is 2.58. The molecule has 1 rings (SSSR count). The molecular weight excluding hydrogens is 359 g/mol. The molecule has 104 valence electrons. The van der Waals surface area contributed by atoms with Gasteiger partial charge < -0.3 is 10.4 Å². The van der Waals surface area contributed by atoms with E-state index in [1.165, 1.54) is 0 Å². The molecule has 0 unspecified atom stereocenters. The number of benzene rings is 1. The average Bonchev–Trinajstić information content (AvgIpc) is 2.30. The number of likely N-dealkylation sites (N-methyl/N-ethyl adjacent to an activating group) is 1. The number of nitrogens with zero attached hydrogens (tertiary/aromatic N) is 1. The van der Waals surface area contributed by atoms with Gasteiger partial charge in [0.1, 0.15) is 0 Å². The summed E-state index contributed by atoms with van der Waals surface area (Å²) in [4.78, 5) is 23.9. The van der Waals surface area contributed by atoms with Crippen LogP contribution in [0.25, 0.3) is 0 Å². The lowest BCUT2D eigenvalue weighted by Crippen LogP contribution is -2.31. The molecule has 1 amide bonds. The van der Waals surface area contributed by atoms with Crippen molar-refractivity contribution in [1.82, 2.24) is 4.90 Å². The Morgan fingerprint density at radius 3 is 2.68 bits per heavy atom. The third-order valence-corrected chi connectivity index (χ3v) is 3.25. The van der Waals surface area contributed by atoms with Gasteiger partial charge in [0.15, 0.2) is 0 Å². The highest BCUT2D eigenvalue weighted by molar-refractivity contribution is 14.1. The molecule has 5 nitrogen and oxygen atoms in total. The smallest absolute Gasteiger partial charge is 0.304 e. The molecule has 0 radical (unpaired) electrons. The van der Waals surface area contributed by atoms with Gasteiger partial charge >= 0.3 is 5.97 Å². The normalized spacial score (nSPS) is 10.5. The first-order valence-corrected chi connectivity index (χ1v) is 6.92. The second kappa shape index (κ2) is 7.44. The van der Waals surface area contributed by atoms with E-state index in [1.807, 2.05) is 25.1 Å². The van der Waals surface area contributed by atoms with Crippen molar-refractivity contribution in [3.8, 4) is 0 Å². The zero-order chi connectivity index (χ0) is 14.4. The number of hydrogen-bond donors (Lipinski definition) is 2. The second-order valence-electron chi connectivity index (χ2n) is 4.39. The standard InChI is InChI=1S/C13H17IN2O3/c1-9-7-10(14)3-4-11(9)15-12(17)8-16(2)6-5-13(18)19/h3-4,7H,5-6,8H2,1-2H3,(H,15,17)(H,18,19). The molecule has 2 N–H and O–H groups in total. The van der Waals surface area contributed by atoms with E-state index in [9.17, 15) is 9.59 Å². The minimum atomic E-state index is -0.860. The van der Waals surface area contributed by atoms with E-state index in [-0.39, 0.29) is 18.9 Å². The predicted octanol–water partition coefficient (Wildman–Crippen LogP) is 1.94. The first kappa shape index (κ1) is 15.9. The maximum absolute atomic E-state index is 11.8. The maximum atomic E-state index is 11.8. The lowest BCUT2D eigenvalue weighted by Gasteiger charge is -2.15. The van der Waals surface area contributed by atoms with Gasteiger partial charge in [-0.25, -0.2) is 0 Å². The van der Waals surface area contributed by atoms with Crippen molar-refractivity contribution in [3.63, 3.8) is 0 Å². The lowest BCUT2D eigenvalue weighted by molar-refractivity contribution is -0.137. The minimum Gasteiger partial charge on any atom is -0.481 e. The minimum absolute atomic E-state index is 0.0341. The Morgan fingerprint density at radius 1 is 1.42 bits per heavy atom. The number of carboxylic acid groups (broad SMARTS) is 1.